The number of halogens is 1. The Hall–Kier alpha value is -0.740. The Morgan fingerprint density at radius 3 is 2.50 bits per heavy atom. The van der Waals surface area contributed by atoms with Crippen LogP contribution >= 0.6 is 15.9 Å². The average molecular weight is 342 g/mol. The van der Waals surface area contributed by atoms with Crippen molar-refractivity contribution < 1.29 is 9.47 Å². The molecule has 0 atom stereocenters. The summed E-state index contributed by atoms with van der Waals surface area (Å²) in [5.41, 5.74) is 1.22. The van der Waals surface area contributed by atoms with Crippen molar-refractivity contribution in [2.75, 3.05) is 13.3 Å². The average Bonchev–Trinajstić information content (AvgIpc) is 2.82. The second-order valence-corrected chi connectivity index (χ2v) is 6.95. The summed E-state index contributed by atoms with van der Waals surface area (Å²) < 4.78 is 11.8. The lowest BCUT2D eigenvalue weighted by atomic mass is 9.85. The summed E-state index contributed by atoms with van der Waals surface area (Å²) in [4.78, 5) is 0. The molecule has 0 saturated carbocycles. The summed E-state index contributed by atoms with van der Waals surface area (Å²) in [7, 11) is 0. The number of ether oxygens (including phenoxy) is 2. The standard InChI is InChI=1S/C16H24BrNO2/c1-10(2)13(11(3)4)8-18-7-12-5-14(17)16-15(6-12)19-9-20-16/h5-6,10-11,13,18H,7-9H2,1-4H3. The zero-order valence-electron chi connectivity index (χ0n) is 12.7. The molecule has 0 spiro atoms. The second kappa shape index (κ2) is 6.81. The highest BCUT2D eigenvalue weighted by atomic mass is 79.9. The smallest absolute Gasteiger partial charge is 0.231 e. The largest absolute Gasteiger partial charge is 0.454 e. The summed E-state index contributed by atoms with van der Waals surface area (Å²) in [6.45, 7) is 11.4. The summed E-state index contributed by atoms with van der Waals surface area (Å²) in [5.74, 6) is 3.75. The molecule has 0 unspecified atom stereocenters. The fraction of sp³-hybridized carbons (Fsp3) is 0.625. The van der Waals surface area contributed by atoms with E-state index < -0.39 is 0 Å². The van der Waals surface area contributed by atoms with Crippen LogP contribution in [0.1, 0.15) is 33.3 Å². The fourth-order valence-electron chi connectivity index (χ4n) is 2.75. The number of hydrogen-bond acceptors (Lipinski definition) is 3. The van der Waals surface area contributed by atoms with Gasteiger partial charge in [0.05, 0.1) is 4.47 Å². The first kappa shape index (κ1) is 15.6. The van der Waals surface area contributed by atoms with Crippen LogP contribution in [0.15, 0.2) is 16.6 Å². The Morgan fingerprint density at radius 2 is 1.85 bits per heavy atom. The molecular weight excluding hydrogens is 318 g/mol. The van der Waals surface area contributed by atoms with Crippen molar-refractivity contribution in [3.8, 4) is 11.5 Å². The maximum absolute atomic E-state index is 5.44. The SMILES string of the molecule is CC(C)C(CNCc1cc(Br)c2c(c1)OCO2)C(C)C. The van der Waals surface area contributed by atoms with Crippen molar-refractivity contribution in [3.63, 3.8) is 0 Å². The fourth-order valence-corrected chi connectivity index (χ4v) is 3.35. The Bertz CT molecular complexity index is 452. The van der Waals surface area contributed by atoms with Gasteiger partial charge in [0, 0.05) is 6.54 Å². The number of hydrogen-bond donors (Lipinski definition) is 1. The molecule has 1 aliphatic rings. The molecule has 0 fully saturated rings. The van der Waals surface area contributed by atoms with Gasteiger partial charge in [0.25, 0.3) is 0 Å². The first-order chi connectivity index (χ1) is 9.49. The summed E-state index contributed by atoms with van der Waals surface area (Å²) in [5, 5.41) is 3.57. The lowest BCUT2D eigenvalue weighted by Crippen LogP contribution is -2.29. The van der Waals surface area contributed by atoms with Crippen molar-refractivity contribution in [1.82, 2.24) is 5.32 Å². The van der Waals surface area contributed by atoms with Gasteiger partial charge in [-0.05, 0) is 57.9 Å². The highest BCUT2D eigenvalue weighted by Crippen LogP contribution is 2.39. The van der Waals surface area contributed by atoms with Gasteiger partial charge in [-0.1, -0.05) is 27.7 Å². The molecule has 112 valence electrons. The monoisotopic (exact) mass is 341 g/mol. The minimum absolute atomic E-state index is 0.313. The molecule has 1 aromatic rings. The van der Waals surface area contributed by atoms with E-state index in [2.05, 4.69) is 61.1 Å². The van der Waals surface area contributed by atoms with Gasteiger partial charge in [-0.2, -0.15) is 0 Å². The van der Waals surface area contributed by atoms with Crippen molar-refractivity contribution >= 4 is 15.9 Å². The van der Waals surface area contributed by atoms with Gasteiger partial charge in [0.1, 0.15) is 0 Å². The summed E-state index contributed by atoms with van der Waals surface area (Å²) >= 11 is 3.53. The second-order valence-electron chi connectivity index (χ2n) is 6.09. The van der Waals surface area contributed by atoms with Crippen LogP contribution < -0.4 is 14.8 Å². The third kappa shape index (κ3) is 3.67. The number of nitrogens with one attached hydrogen (secondary N) is 1. The number of rotatable bonds is 6. The van der Waals surface area contributed by atoms with E-state index in [4.69, 9.17) is 9.47 Å². The number of benzene rings is 1. The Balaban J connectivity index is 1.93. The maximum Gasteiger partial charge on any atom is 0.231 e. The molecule has 4 heteroatoms. The predicted molar refractivity (Wildman–Crippen MR) is 85.1 cm³/mol. The van der Waals surface area contributed by atoms with Crippen LogP contribution in [-0.4, -0.2) is 13.3 Å². The lowest BCUT2D eigenvalue weighted by molar-refractivity contribution is 0.173. The first-order valence-corrected chi connectivity index (χ1v) is 8.07. The van der Waals surface area contributed by atoms with Crippen molar-refractivity contribution in [2.45, 2.75) is 34.2 Å². The Morgan fingerprint density at radius 1 is 1.15 bits per heavy atom. The molecule has 0 saturated heterocycles. The van der Waals surface area contributed by atoms with E-state index in [1.807, 2.05) is 0 Å². The highest BCUT2D eigenvalue weighted by Gasteiger charge is 2.19. The van der Waals surface area contributed by atoms with Gasteiger partial charge in [-0.3, -0.25) is 0 Å². The first-order valence-electron chi connectivity index (χ1n) is 7.27. The summed E-state index contributed by atoms with van der Waals surface area (Å²) in [6, 6.07) is 4.15. The topological polar surface area (TPSA) is 30.5 Å². The molecule has 1 N–H and O–H groups in total. The van der Waals surface area contributed by atoms with Crippen molar-refractivity contribution in [3.05, 3.63) is 22.2 Å². The molecule has 1 aromatic carbocycles. The quantitative estimate of drug-likeness (QED) is 0.841. The van der Waals surface area contributed by atoms with E-state index in [1.54, 1.807) is 0 Å². The van der Waals surface area contributed by atoms with E-state index in [0.717, 1.165) is 29.1 Å². The van der Waals surface area contributed by atoms with Crippen LogP contribution in [0.2, 0.25) is 0 Å². The van der Waals surface area contributed by atoms with Crippen LogP contribution in [0.5, 0.6) is 11.5 Å². The van der Waals surface area contributed by atoms with E-state index >= 15 is 0 Å². The van der Waals surface area contributed by atoms with Crippen LogP contribution in [0, 0.1) is 17.8 Å². The molecule has 3 nitrogen and oxygen atoms in total. The highest BCUT2D eigenvalue weighted by molar-refractivity contribution is 9.10. The normalized spacial score (nSPS) is 13.8. The predicted octanol–water partition coefficient (Wildman–Crippen LogP) is 4.20. The van der Waals surface area contributed by atoms with Gasteiger partial charge in [-0.25, -0.2) is 0 Å². The summed E-state index contributed by atoms with van der Waals surface area (Å²) in [6.07, 6.45) is 0. The Labute approximate surface area is 130 Å². The molecule has 1 heterocycles. The van der Waals surface area contributed by atoms with Gasteiger partial charge in [0.2, 0.25) is 6.79 Å². The molecule has 2 rings (SSSR count). The molecule has 20 heavy (non-hydrogen) atoms. The third-order valence-electron chi connectivity index (χ3n) is 3.91. The molecule has 0 radical (unpaired) electrons. The van der Waals surface area contributed by atoms with Crippen LogP contribution in [-0.2, 0) is 6.54 Å². The van der Waals surface area contributed by atoms with Crippen LogP contribution in [0.25, 0.3) is 0 Å². The molecule has 0 aromatic heterocycles. The molecule has 0 aliphatic carbocycles. The molecule has 0 bridgehead atoms. The van der Waals surface area contributed by atoms with Gasteiger partial charge in [-0.15, -0.1) is 0 Å². The zero-order valence-corrected chi connectivity index (χ0v) is 14.3. The van der Waals surface area contributed by atoms with E-state index in [-0.39, 0.29) is 0 Å². The van der Waals surface area contributed by atoms with E-state index in [9.17, 15) is 0 Å². The van der Waals surface area contributed by atoms with Gasteiger partial charge >= 0.3 is 0 Å². The molecule has 1 aliphatic heterocycles. The number of fused-ring (bicyclic) bond motifs is 1. The van der Waals surface area contributed by atoms with E-state index in [0.29, 0.717) is 24.5 Å². The van der Waals surface area contributed by atoms with Crippen LogP contribution in [0.4, 0.5) is 0 Å². The maximum atomic E-state index is 5.44. The van der Waals surface area contributed by atoms with Crippen LogP contribution in [0.3, 0.4) is 0 Å². The van der Waals surface area contributed by atoms with Gasteiger partial charge in [0.15, 0.2) is 11.5 Å². The minimum Gasteiger partial charge on any atom is -0.454 e. The minimum atomic E-state index is 0.313. The molecule has 0 amide bonds. The third-order valence-corrected chi connectivity index (χ3v) is 4.50. The molecular formula is C16H24BrNO2. The zero-order chi connectivity index (χ0) is 14.7. The van der Waals surface area contributed by atoms with Crippen molar-refractivity contribution in [2.24, 2.45) is 17.8 Å². The van der Waals surface area contributed by atoms with Crippen molar-refractivity contribution in [1.29, 1.82) is 0 Å². The van der Waals surface area contributed by atoms with Gasteiger partial charge < -0.3 is 14.8 Å². The lowest BCUT2D eigenvalue weighted by Gasteiger charge is -2.25. The van der Waals surface area contributed by atoms with E-state index in [1.165, 1.54) is 5.56 Å². The Kier molecular flexibility index (Phi) is 5.33.